The van der Waals surface area contributed by atoms with Gasteiger partial charge in [0, 0.05) is 6.04 Å². The summed E-state index contributed by atoms with van der Waals surface area (Å²) in [6, 6.07) is -0.476. The van der Waals surface area contributed by atoms with Crippen molar-refractivity contribution in [2.45, 2.75) is 26.3 Å². The molecule has 0 aromatic carbocycles. The second-order valence-electron chi connectivity index (χ2n) is 2.24. The molecule has 0 fully saturated rings. The average Bonchev–Trinajstić information content (AvgIpc) is 1.86. The van der Waals surface area contributed by atoms with E-state index in [1.165, 1.54) is 0 Å². The molecule has 0 saturated heterocycles. The van der Waals surface area contributed by atoms with E-state index in [4.69, 9.17) is 16.2 Å². The lowest BCUT2D eigenvalue weighted by Gasteiger charge is -2.21. The summed E-state index contributed by atoms with van der Waals surface area (Å²) in [5, 5.41) is 0. The van der Waals surface area contributed by atoms with Gasteiger partial charge in [-0.15, -0.1) is 11.6 Å². The van der Waals surface area contributed by atoms with Gasteiger partial charge in [-0.1, -0.05) is 6.92 Å². The SMILES string of the molecule is CCC(C)N(CCl)S(=O)(=O)O. The standard InChI is InChI=1S/C5H12ClNO3S/c1-3-5(2)7(4-6)11(8,9)10/h5H,3-4H2,1-2H3,(H,8,9,10). The number of alkyl halides is 1. The van der Waals surface area contributed by atoms with Crippen molar-refractivity contribution >= 4 is 21.9 Å². The van der Waals surface area contributed by atoms with E-state index in [-0.39, 0.29) is 12.0 Å². The Morgan fingerprint density at radius 1 is 1.64 bits per heavy atom. The van der Waals surface area contributed by atoms with E-state index in [0.717, 1.165) is 4.31 Å². The van der Waals surface area contributed by atoms with Gasteiger partial charge in [-0.2, -0.15) is 12.7 Å². The van der Waals surface area contributed by atoms with Crippen molar-refractivity contribution in [1.82, 2.24) is 4.31 Å². The van der Waals surface area contributed by atoms with E-state index in [0.29, 0.717) is 6.42 Å². The van der Waals surface area contributed by atoms with Crippen molar-refractivity contribution in [3.8, 4) is 0 Å². The van der Waals surface area contributed by atoms with Crippen LogP contribution in [0.4, 0.5) is 0 Å². The summed E-state index contributed by atoms with van der Waals surface area (Å²) in [6.45, 7) is 3.49. The third kappa shape index (κ3) is 3.37. The Bertz CT molecular complexity index is 204. The fourth-order valence-corrected chi connectivity index (χ4v) is 1.94. The summed E-state index contributed by atoms with van der Waals surface area (Å²) in [5.41, 5.74) is 0. The maximum absolute atomic E-state index is 10.6. The van der Waals surface area contributed by atoms with Gasteiger partial charge in [-0.25, -0.2) is 0 Å². The molecule has 1 atom stereocenters. The molecule has 0 bridgehead atoms. The number of nitrogens with zero attached hydrogens (tertiary/aromatic N) is 1. The van der Waals surface area contributed by atoms with E-state index >= 15 is 0 Å². The quantitative estimate of drug-likeness (QED) is 0.421. The molecule has 0 aliphatic heterocycles. The molecule has 68 valence electrons. The third-order valence-electron chi connectivity index (χ3n) is 1.50. The first-order valence-corrected chi connectivity index (χ1v) is 5.16. The van der Waals surface area contributed by atoms with Crippen LogP contribution in [-0.2, 0) is 10.3 Å². The van der Waals surface area contributed by atoms with Gasteiger partial charge in [-0.3, -0.25) is 4.55 Å². The van der Waals surface area contributed by atoms with Gasteiger partial charge >= 0.3 is 10.3 Å². The molecule has 0 saturated carbocycles. The number of halogens is 1. The lowest BCUT2D eigenvalue weighted by atomic mass is 10.3. The van der Waals surface area contributed by atoms with E-state index in [1.54, 1.807) is 6.92 Å². The Morgan fingerprint density at radius 2 is 2.09 bits per heavy atom. The summed E-state index contributed by atoms with van der Waals surface area (Å²) < 4.78 is 30.5. The molecule has 0 aromatic heterocycles. The smallest absolute Gasteiger partial charge is 0.273 e. The highest BCUT2D eigenvalue weighted by atomic mass is 35.5. The molecule has 0 heterocycles. The first-order chi connectivity index (χ1) is 4.93. The van der Waals surface area contributed by atoms with Crippen molar-refractivity contribution in [2.75, 3.05) is 6.00 Å². The maximum Gasteiger partial charge on any atom is 0.337 e. The van der Waals surface area contributed by atoms with Crippen LogP contribution in [0.2, 0.25) is 0 Å². The van der Waals surface area contributed by atoms with E-state index in [2.05, 4.69) is 0 Å². The number of hydrogen-bond acceptors (Lipinski definition) is 2. The largest absolute Gasteiger partial charge is 0.337 e. The minimum atomic E-state index is -4.12. The van der Waals surface area contributed by atoms with Crippen molar-refractivity contribution in [3.63, 3.8) is 0 Å². The fourth-order valence-electron chi connectivity index (χ4n) is 0.610. The summed E-state index contributed by atoms with van der Waals surface area (Å²) in [7, 11) is -4.12. The van der Waals surface area contributed by atoms with Gasteiger partial charge in [0.05, 0.1) is 6.00 Å². The molecule has 0 aliphatic carbocycles. The molecule has 0 amide bonds. The zero-order valence-electron chi connectivity index (χ0n) is 6.49. The number of rotatable bonds is 4. The summed E-state index contributed by atoms with van der Waals surface area (Å²) >= 11 is 5.31. The van der Waals surface area contributed by atoms with Crippen LogP contribution in [0.3, 0.4) is 0 Å². The molecule has 0 rings (SSSR count). The van der Waals surface area contributed by atoms with Gasteiger partial charge in [0.15, 0.2) is 0 Å². The first-order valence-electron chi connectivity index (χ1n) is 3.23. The zero-order valence-corrected chi connectivity index (χ0v) is 8.06. The predicted octanol–water partition coefficient (Wildman–Crippen LogP) is 1.09. The van der Waals surface area contributed by atoms with Gasteiger partial charge in [-0.05, 0) is 13.3 Å². The summed E-state index contributed by atoms with van der Waals surface area (Å²) in [5.74, 6) is 0. The van der Waals surface area contributed by atoms with Crippen LogP contribution in [0.5, 0.6) is 0 Å². The summed E-state index contributed by atoms with van der Waals surface area (Å²) in [4.78, 5) is 0. The van der Waals surface area contributed by atoms with Crippen LogP contribution < -0.4 is 0 Å². The second-order valence-corrected chi connectivity index (χ2v) is 3.85. The van der Waals surface area contributed by atoms with Gasteiger partial charge in [0.25, 0.3) is 0 Å². The van der Waals surface area contributed by atoms with Gasteiger partial charge < -0.3 is 0 Å². The van der Waals surface area contributed by atoms with Crippen LogP contribution in [0.15, 0.2) is 0 Å². The minimum Gasteiger partial charge on any atom is -0.273 e. The Hall–Kier alpha value is 0.160. The monoisotopic (exact) mass is 201 g/mol. The van der Waals surface area contributed by atoms with Crippen LogP contribution in [0.1, 0.15) is 20.3 Å². The van der Waals surface area contributed by atoms with E-state index in [1.807, 2.05) is 6.92 Å². The predicted molar refractivity (Wildman–Crippen MR) is 43.9 cm³/mol. The first kappa shape index (κ1) is 11.2. The Balaban J connectivity index is 4.42. The Labute approximate surface area is 72.0 Å². The Kier molecular flexibility index (Phi) is 4.31. The molecule has 11 heavy (non-hydrogen) atoms. The highest BCUT2D eigenvalue weighted by Gasteiger charge is 2.22. The van der Waals surface area contributed by atoms with Crippen molar-refractivity contribution < 1.29 is 13.0 Å². The number of hydrogen-bond donors (Lipinski definition) is 1. The molecule has 0 aliphatic rings. The lowest BCUT2D eigenvalue weighted by molar-refractivity contribution is 0.321. The van der Waals surface area contributed by atoms with Crippen molar-refractivity contribution in [3.05, 3.63) is 0 Å². The molecule has 1 unspecified atom stereocenters. The van der Waals surface area contributed by atoms with Crippen molar-refractivity contribution in [2.24, 2.45) is 0 Å². The third-order valence-corrected chi connectivity index (χ3v) is 2.98. The Morgan fingerprint density at radius 3 is 2.18 bits per heavy atom. The zero-order chi connectivity index (χ0) is 9.07. The molecule has 1 N–H and O–H groups in total. The summed E-state index contributed by atoms with van der Waals surface area (Å²) in [6.07, 6.45) is 0.618. The van der Waals surface area contributed by atoms with Gasteiger partial charge in [0.2, 0.25) is 0 Å². The fraction of sp³-hybridized carbons (Fsp3) is 1.00. The average molecular weight is 202 g/mol. The van der Waals surface area contributed by atoms with Crippen LogP contribution >= 0.6 is 11.6 Å². The van der Waals surface area contributed by atoms with Crippen molar-refractivity contribution in [1.29, 1.82) is 0 Å². The van der Waals surface area contributed by atoms with Crippen LogP contribution in [0.25, 0.3) is 0 Å². The lowest BCUT2D eigenvalue weighted by Crippen LogP contribution is -2.36. The normalized spacial score (nSPS) is 15.4. The van der Waals surface area contributed by atoms with E-state index in [9.17, 15) is 8.42 Å². The van der Waals surface area contributed by atoms with Crippen LogP contribution in [-0.4, -0.2) is 29.3 Å². The molecule has 6 heteroatoms. The maximum atomic E-state index is 10.6. The minimum absolute atomic E-state index is 0.214. The molecular weight excluding hydrogens is 190 g/mol. The molecule has 0 radical (unpaired) electrons. The molecule has 0 spiro atoms. The highest BCUT2D eigenvalue weighted by molar-refractivity contribution is 7.83. The highest BCUT2D eigenvalue weighted by Crippen LogP contribution is 2.08. The molecular formula is C5H12ClNO3S. The van der Waals surface area contributed by atoms with E-state index < -0.39 is 10.3 Å². The molecule has 0 aromatic rings. The van der Waals surface area contributed by atoms with Gasteiger partial charge in [0.1, 0.15) is 0 Å². The topological polar surface area (TPSA) is 57.6 Å². The second kappa shape index (κ2) is 4.25. The van der Waals surface area contributed by atoms with Crippen LogP contribution in [0, 0.1) is 0 Å². The molecule has 4 nitrogen and oxygen atoms in total.